The third-order valence-corrected chi connectivity index (χ3v) is 5.42. The predicted molar refractivity (Wildman–Crippen MR) is 116 cm³/mol. The smallest absolute Gasteiger partial charge is 0.119 e. The van der Waals surface area contributed by atoms with Crippen LogP contribution >= 0.6 is 0 Å². The predicted octanol–water partition coefficient (Wildman–Crippen LogP) is 2.69. The molecular weight excluding hydrogens is 382 g/mol. The van der Waals surface area contributed by atoms with E-state index in [-0.39, 0.29) is 6.61 Å². The molecule has 1 fully saturated rings. The van der Waals surface area contributed by atoms with Crippen LogP contribution in [0.15, 0.2) is 36.7 Å². The summed E-state index contributed by atoms with van der Waals surface area (Å²) in [5.74, 6) is 2.50. The van der Waals surface area contributed by atoms with E-state index in [1.807, 2.05) is 25.3 Å². The van der Waals surface area contributed by atoms with Gasteiger partial charge in [-0.05, 0) is 50.6 Å². The van der Waals surface area contributed by atoms with E-state index in [0.29, 0.717) is 32.3 Å². The van der Waals surface area contributed by atoms with E-state index in [0.717, 1.165) is 51.4 Å². The molecule has 1 aromatic heterocycles. The van der Waals surface area contributed by atoms with E-state index in [9.17, 15) is 0 Å². The normalized spacial score (nSPS) is 15.5. The van der Waals surface area contributed by atoms with Crippen LogP contribution in [0.1, 0.15) is 37.1 Å². The van der Waals surface area contributed by atoms with Crippen molar-refractivity contribution in [2.24, 2.45) is 0 Å². The molecule has 166 valence electrons. The van der Waals surface area contributed by atoms with Crippen molar-refractivity contribution >= 4 is 0 Å². The highest BCUT2D eigenvalue weighted by Crippen LogP contribution is 2.28. The maximum absolute atomic E-state index is 8.92. The zero-order valence-corrected chi connectivity index (χ0v) is 18.0. The van der Waals surface area contributed by atoms with Gasteiger partial charge in [-0.15, -0.1) is 0 Å². The Kier molecular flexibility index (Phi) is 9.63. The number of piperidine rings is 1. The van der Waals surface area contributed by atoms with Crippen LogP contribution in [0, 0.1) is 0 Å². The van der Waals surface area contributed by atoms with Gasteiger partial charge in [0, 0.05) is 38.0 Å². The van der Waals surface area contributed by atoms with Crippen molar-refractivity contribution in [2.45, 2.75) is 38.8 Å². The lowest BCUT2D eigenvalue weighted by Crippen LogP contribution is -2.33. The summed E-state index contributed by atoms with van der Waals surface area (Å²) >= 11 is 0. The molecule has 2 aromatic rings. The molecule has 0 saturated carbocycles. The van der Waals surface area contributed by atoms with E-state index in [4.69, 9.17) is 19.3 Å². The molecule has 1 aliphatic heterocycles. The van der Waals surface area contributed by atoms with Crippen molar-refractivity contribution in [3.63, 3.8) is 0 Å². The number of nitrogens with zero attached hydrogens (tertiary/aromatic N) is 3. The van der Waals surface area contributed by atoms with Gasteiger partial charge in [-0.1, -0.05) is 12.1 Å². The molecule has 1 aromatic carbocycles. The van der Waals surface area contributed by atoms with Crippen LogP contribution in [0.4, 0.5) is 0 Å². The first-order valence-corrected chi connectivity index (χ1v) is 11.0. The second-order valence-electron chi connectivity index (χ2n) is 7.56. The molecule has 0 spiro atoms. The number of aliphatic hydroxyl groups excluding tert-OH is 1. The molecule has 7 heteroatoms. The van der Waals surface area contributed by atoms with Crippen molar-refractivity contribution in [3.05, 3.63) is 48.0 Å². The number of ether oxygens (including phenoxy) is 3. The highest BCUT2D eigenvalue weighted by Gasteiger charge is 2.24. The van der Waals surface area contributed by atoms with Gasteiger partial charge < -0.3 is 23.9 Å². The van der Waals surface area contributed by atoms with Crippen LogP contribution < -0.4 is 4.74 Å². The number of hydrogen-bond donors (Lipinski definition) is 1. The Balaban J connectivity index is 1.43. The first-order chi connectivity index (χ1) is 14.8. The Morgan fingerprint density at radius 3 is 2.73 bits per heavy atom. The zero-order valence-electron chi connectivity index (χ0n) is 18.0. The van der Waals surface area contributed by atoms with Crippen molar-refractivity contribution in [1.82, 2.24) is 14.5 Å². The minimum atomic E-state index is 0.0346. The number of aliphatic hydroxyl groups is 1. The van der Waals surface area contributed by atoms with Gasteiger partial charge in [-0.25, -0.2) is 4.98 Å². The van der Waals surface area contributed by atoms with Gasteiger partial charge in [0.05, 0.1) is 26.4 Å². The van der Waals surface area contributed by atoms with Crippen molar-refractivity contribution in [1.29, 1.82) is 0 Å². The molecule has 30 heavy (non-hydrogen) atoms. The standard InChI is InChI=1S/C23H35N3O4/c1-2-28-16-17-29-14-12-26-11-8-24-23(26)21-6-9-25(10-7-21)19-20-4-3-5-22(18-20)30-15-13-27/h3-5,8,11,18,21,27H,2,6-7,9-10,12-17,19H2,1H3. The van der Waals surface area contributed by atoms with Crippen LogP contribution in [0.2, 0.25) is 0 Å². The van der Waals surface area contributed by atoms with Gasteiger partial charge in [0.25, 0.3) is 0 Å². The lowest BCUT2D eigenvalue weighted by atomic mass is 9.95. The second-order valence-corrected chi connectivity index (χ2v) is 7.56. The van der Waals surface area contributed by atoms with E-state index in [1.54, 1.807) is 0 Å². The fourth-order valence-electron chi connectivity index (χ4n) is 3.90. The SMILES string of the molecule is CCOCCOCCn1ccnc1C1CCN(Cc2cccc(OCCO)c2)CC1. The molecule has 3 rings (SSSR count). The molecule has 0 aliphatic carbocycles. The number of likely N-dealkylation sites (tertiary alicyclic amines) is 1. The summed E-state index contributed by atoms with van der Waals surface area (Å²) < 4.78 is 18.7. The van der Waals surface area contributed by atoms with Gasteiger partial charge >= 0.3 is 0 Å². The van der Waals surface area contributed by atoms with Gasteiger partial charge in [-0.3, -0.25) is 4.90 Å². The van der Waals surface area contributed by atoms with E-state index in [2.05, 4.69) is 32.8 Å². The third kappa shape index (κ3) is 7.09. The Labute approximate surface area is 179 Å². The van der Waals surface area contributed by atoms with Gasteiger partial charge in [-0.2, -0.15) is 0 Å². The number of imidazole rings is 1. The van der Waals surface area contributed by atoms with Crippen molar-refractivity contribution in [2.75, 3.05) is 52.7 Å². The average molecular weight is 418 g/mol. The fourth-order valence-corrected chi connectivity index (χ4v) is 3.90. The molecule has 1 saturated heterocycles. The minimum Gasteiger partial charge on any atom is -0.491 e. The summed E-state index contributed by atoms with van der Waals surface area (Å²) in [6.45, 7) is 8.95. The van der Waals surface area contributed by atoms with Crippen LogP contribution in [0.25, 0.3) is 0 Å². The maximum atomic E-state index is 8.92. The molecule has 2 heterocycles. The summed E-state index contributed by atoms with van der Waals surface area (Å²) in [6, 6.07) is 8.16. The lowest BCUT2D eigenvalue weighted by molar-refractivity contribution is 0.0493. The highest BCUT2D eigenvalue weighted by atomic mass is 16.5. The molecule has 0 amide bonds. The monoisotopic (exact) mass is 417 g/mol. The van der Waals surface area contributed by atoms with Crippen LogP contribution in [0.3, 0.4) is 0 Å². The fraction of sp³-hybridized carbons (Fsp3) is 0.609. The number of aromatic nitrogens is 2. The van der Waals surface area contributed by atoms with Gasteiger partial charge in [0.2, 0.25) is 0 Å². The molecule has 0 radical (unpaired) electrons. The van der Waals surface area contributed by atoms with Crippen molar-refractivity contribution in [3.8, 4) is 5.75 Å². The minimum absolute atomic E-state index is 0.0346. The summed E-state index contributed by atoms with van der Waals surface area (Å²) in [4.78, 5) is 7.14. The van der Waals surface area contributed by atoms with Crippen LogP contribution in [-0.2, 0) is 22.6 Å². The van der Waals surface area contributed by atoms with E-state index in [1.165, 1.54) is 11.4 Å². The van der Waals surface area contributed by atoms with Gasteiger partial charge in [0.1, 0.15) is 18.2 Å². The highest BCUT2D eigenvalue weighted by molar-refractivity contribution is 5.28. The average Bonchev–Trinajstić information content (AvgIpc) is 3.24. The van der Waals surface area contributed by atoms with E-state index >= 15 is 0 Å². The largest absolute Gasteiger partial charge is 0.491 e. The summed E-state index contributed by atoms with van der Waals surface area (Å²) in [5, 5.41) is 8.92. The Morgan fingerprint density at radius 2 is 1.93 bits per heavy atom. The third-order valence-electron chi connectivity index (χ3n) is 5.42. The molecule has 1 aliphatic rings. The first kappa shape index (κ1) is 22.7. The van der Waals surface area contributed by atoms with E-state index < -0.39 is 0 Å². The first-order valence-electron chi connectivity index (χ1n) is 11.0. The summed E-state index contributed by atoms with van der Waals surface area (Å²) in [5.41, 5.74) is 1.24. The molecule has 7 nitrogen and oxygen atoms in total. The Hall–Kier alpha value is -1.93. The zero-order chi connectivity index (χ0) is 21.0. The molecule has 0 bridgehead atoms. The Bertz CT molecular complexity index is 729. The summed E-state index contributed by atoms with van der Waals surface area (Å²) in [7, 11) is 0. The number of benzene rings is 1. The molecule has 0 unspecified atom stereocenters. The second kappa shape index (κ2) is 12.7. The van der Waals surface area contributed by atoms with Crippen molar-refractivity contribution < 1.29 is 19.3 Å². The molecule has 0 atom stereocenters. The quantitative estimate of drug-likeness (QED) is 0.506. The maximum Gasteiger partial charge on any atom is 0.119 e. The summed E-state index contributed by atoms with van der Waals surface area (Å²) in [6.07, 6.45) is 6.19. The lowest BCUT2D eigenvalue weighted by Gasteiger charge is -2.32. The number of rotatable bonds is 13. The van der Waals surface area contributed by atoms with Crippen LogP contribution in [-0.4, -0.2) is 72.3 Å². The van der Waals surface area contributed by atoms with Gasteiger partial charge in [0.15, 0.2) is 0 Å². The van der Waals surface area contributed by atoms with Crippen LogP contribution in [0.5, 0.6) is 5.75 Å². The molecular formula is C23H35N3O4. The number of hydrogen-bond acceptors (Lipinski definition) is 6. The topological polar surface area (TPSA) is 69.0 Å². The Morgan fingerprint density at radius 1 is 1.10 bits per heavy atom. The molecule has 1 N–H and O–H groups in total.